The molecular weight excluding hydrogens is 484 g/mol. The summed E-state index contributed by atoms with van der Waals surface area (Å²) in [6, 6.07) is 29.3. The van der Waals surface area contributed by atoms with Crippen molar-refractivity contribution in [2.75, 3.05) is 0 Å². The van der Waals surface area contributed by atoms with Crippen LogP contribution in [-0.2, 0) is 0 Å². The molecule has 0 atom stereocenters. The predicted octanol–water partition coefficient (Wildman–Crippen LogP) is 7.69. The third-order valence-electron chi connectivity index (χ3n) is 6.81. The molecule has 6 heteroatoms. The molecule has 0 amide bonds. The molecule has 2 aliphatic rings. The first-order chi connectivity index (χ1) is 19.1. The van der Waals surface area contributed by atoms with Crippen LogP contribution in [0.5, 0.6) is 0 Å². The van der Waals surface area contributed by atoms with Gasteiger partial charge in [0.2, 0.25) is 0 Å². The van der Waals surface area contributed by atoms with Gasteiger partial charge in [0.25, 0.3) is 0 Å². The Kier molecular flexibility index (Phi) is 5.30. The molecule has 0 saturated heterocycles. The quantitative estimate of drug-likeness (QED) is 0.229. The Hall–Kier alpha value is -5.49. The van der Waals surface area contributed by atoms with Crippen LogP contribution in [0.3, 0.4) is 0 Å². The van der Waals surface area contributed by atoms with Crippen molar-refractivity contribution in [3.05, 3.63) is 119 Å². The summed E-state index contributed by atoms with van der Waals surface area (Å²) in [4.78, 5) is 28.4. The zero-order valence-corrected chi connectivity index (χ0v) is 20.7. The molecule has 3 N–H and O–H groups in total. The van der Waals surface area contributed by atoms with E-state index in [0.29, 0.717) is 0 Å². The number of nitrogens with zero attached hydrogens (tertiary/aromatic N) is 2. The van der Waals surface area contributed by atoms with Gasteiger partial charge in [-0.1, -0.05) is 36.4 Å². The van der Waals surface area contributed by atoms with Gasteiger partial charge >= 0.3 is 5.97 Å². The lowest BCUT2D eigenvalue weighted by Gasteiger charge is -2.11. The van der Waals surface area contributed by atoms with E-state index in [2.05, 4.69) is 9.97 Å². The number of carbonyl (C=O) groups is 1. The lowest BCUT2D eigenvalue weighted by atomic mass is 9.93. The Bertz CT molecular complexity index is 2000. The molecule has 186 valence electrons. The van der Waals surface area contributed by atoms with Gasteiger partial charge in [-0.3, -0.25) is 0 Å². The Morgan fingerprint density at radius 2 is 1.18 bits per heavy atom. The van der Waals surface area contributed by atoms with Crippen LogP contribution < -0.4 is 0 Å². The maximum Gasteiger partial charge on any atom is 0.335 e. The van der Waals surface area contributed by atoms with Crippen molar-refractivity contribution in [2.24, 2.45) is 0 Å². The monoisotopic (exact) mass is 506 g/mol. The molecule has 3 aromatic heterocycles. The summed E-state index contributed by atoms with van der Waals surface area (Å²) in [6.07, 6.45) is 7.92. The fourth-order valence-electron chi connectivity index (χ4n) is 5.01. The number of benzene rings is 2. The minimum atomic E-state index is -0.968. The van der Waals surface area contributed by atoms with Gasteiger partial charge in [0.05, 0.1) is 28.3 Å². The zero-order valence-electron chi connectivity index (χ0n) is 20.7. The van der Waals surface area contributed by atoms with Crippen LogP contribution in [0.1, 0.15) is 33.1 Å². The summed E-state index contributed by atoms with van der Waals surface area (Å²) >= 11 is 0. The van der Waals surface area contributed by atoms with Crippen LogP contribution in [0.25, 0.3) is 68.6 Å². The number of aromatic amines is 2. The average Bonchev–Trinajstić information content (AvgIpc) is 3.74. The fourth-order valence-corrected chi connectivity index (χ4v) is 5.01. The second-order valence-electron chi connectivity index (χ2n) is 9.52. The molecule has 0 spiro atoms. The molecule has 8 bridgehead atoms. The molecule has 5 aromatic rings. The predicted molar refractivity (Wildman–Crippen MR) is 157 cm³/mol. The van der Waals surface area contributed by atoms with E-state index in [9.17, 15) is 9.90 Å². The van der Waals surface area contributed by atoms with E-state index in [4.69, 9.17) is 9.97 Å². The van der Waals surface area contributed by atoms with Gasteiger partial charge in [-0.05, 0) is 95.6 Å². The number of fused-ring (bicyclic) bond motifs is 8. The number of carboxylic acids is 1. The maximum atomic E-state index is 11.9. The first-order valence-corrected chi connectivity index (χ1v) is 12.6. The van der Waals surface area contributed by atoms with Gasteiger partial charge in [0.1, 0.15) is 0 Å². The van der Waals surface area contributed by atoms with Gasteiger partial charge in [-0.25, -0.2) is 14.8 Å². The first-order valence-electron chi connectivity index (χ1n) is 12.6. The smallest absolute Gasteiger partial charge is 0.335 e. The number of aromatic carboxylic acids is 1. The van der Waals surface area contributed by atoms with Crippen molar-refractivity contribution in [3.63, 3.8) is 0 Å². The summed E-state index contributed by atoms with van der Waals surface area (Å²) in [7, 11) is 0. The number of hydrogen-bond acceptors (Lipinski definition) is 3. The molecular formula is C33H22N4O2. The van der Waals surface area contributed by atoms with Gasteiger partial charge in [0.15, 0.2) is 0 Å². The molecule has 7 rings (SSSR count). The first kappa shape index (κ1) is 22.7. The van der Waals surface area contributed by atoms with Crippen molar-refractivity contribution in [2.45, 2.75) is 0 Å². The SMILES string of the molecule is O=C(O)c1ccc(-c2ccccc2)c(-c2cc3cc4nc(cc5ccc(cc6nc(cc2[nH]3)C=C6)[nH]5)C=C4)c1. The van der Waals surface area contributed by atoms with E-state index in [1.165, 1.54) is 0 Å². The summed E-state index contributed by atoms with van der Waals surface area (Å²) in [5, 5.41) is 9.79. The standard InChI is InChI=1S/C33H22N4O2/c38-33(39)21-6-13-29(20-4-2-1-3-5-20)30(14-21)31-18-28-17-26-10-9-24(35-26)15-22-7-8-23(34-22)16-25-11-12-27(36-25)19-32(31)37-28/h1-19,34,37H,(H,38,39). The Morgan fingerprint density at radius 3 is 1.82 bits per heavy atom. The summed E-state index contributed by atoms with van der Waals surface area (Å²) in [6.45, 7) is 0. The van der Waals surface area contributed by atoms with Crippen LogP contribution in [0, 0.1) is 0 Å². The Balaban J connectivity index is 1.54. The second-order valence-corrected chi connectivity index (χ2v) is 9.52. The van der Waals surface area contributed by atoms with E-state index in [0.717, 1.165) is 67.1 Å². The summed E-state index contributed by atoms with van der Waals surface area (Å²) in [5.74, 6) is -0.968. The van der Waals surface area contributed by atoms with E-state index in [1.54, 1.807) is 12.1 Å². The zero-order chi connectivity index (χ0) is 26.3. The number of H-pyrrole nitrogens is 2. The number of aromatic nitrogens is 4. The largest absolute Gasteiger partial charge is 0.478 e. The number of hydrogen-bond donors (Lipinski definition) is 3. The van der Waals surface area contributed by atoms with Crippen LogP contribution in [-0.4, -0.2) is 31.0 Å². The molecule has 2 aliphatic heterocycles. The highest BCUT2D eigenvalue weighted by Gasteiger charge is 2.15. The topological polar surface area (TPSA) is 94.7 Å². The maximum absolute atomic E-state index is 11.9. The lowest BCUT2D eigenvalue weighted by Crippen LogP contribution is -1.97. The van der Waals surface area contributed by atoms with Gasteiger partial charge in [-0.15, -0.1) is 0 Å². The van der Waals surface area contributed by atoms with Gasteiger partial charge in [-0.2, -0.15) is 0 Å². The van der Waals surface area contributed by atoms with E-state index in [-0.39, 0.29) is 5.56 Å². The molecule has 6 nitrogen and oxygen atoms in total. The Morgan fingerprint density at radius 1 is 0.564 bits per heavy atom. The highest BCUT2D eigenvalue weighted by atomic mass is 16.4. The summed E-state index contributed by atoms with van der Waals surface area (Å²) < 4.78 is 0. The van der Waals surface area contributed by atoms with Crippen LogP contribution in [0.15, 0.2) is 91.0 Å². The molecule has 2 aromatic carbocycles. The number of nitrogens with one attached hydrogen (secondary N) is 2. The van der Waals surface area contributed by atoms with E-state index >= 15 is 0 Å². The minimum absolute atomic E-state index is 0.229. The molecule has 0 aliphatic carbocycles. The van der Waals surface area contributed by atoms with Crippen LogP contribution in [0.2, 0.25) is 0 Å². The van der Waals surface area contributed by atoms with E-state index < -0.39 is 5.97 Å². The van der Waals surface area contributed by atoms with Crippen LogP contribution in [0.4, 0.5) is 0 Å². The van der Waals surface area contributed by atoms with Crippen molar-refractivity contribution in [3.8, 4) is 22.3 Å². The average molecular weight is 507 g/mol. The Labute approximate surface area is 223 Å². The molecule has 0 saturated carbocycles. The third-order valence-corrected chi connectivity index (χ3v) is 6.81. The second kappa shape index (κ2) is 9.11. The molecule has 0 unspecified atom stereocenters. The van der Waals surface area contributed by atoms with Crippen molar-refractivity contribution in [1.29, 1.82) is 0 Å². The normalized spacial score (nSPS) is 12.1. The lowest BCUT2D eigenvalue weighted by molar-refractivity contribution is 0.0697. The van der Waals surface area contributed by atoms with E-state index in [1.807, 2.05) is 103 Å². The van der Waals surface area contributed by atoms with Crippen LogP contribution >= 0.6 is 0 Å². The minimum Gasteiger partial charge on any atom is -0.478 e. The van der Waals surface area contributed by atoms with Crippen molar-refractivity contribution < 1.29 is 9.90 Å². The van der Waals surface area contributed by atoms with Gasteiger partial charge in [0, 0.05) is 27.6 Å². The summed E-state index contributed by atoms with van der Waals surface area (Å²) in [5.41, 5.74) is 10.8. The van der Waals surface area contributed by atoms with Gasteiger partial charge < -0.3 is 15.1 Å². The third kappa shape index (κ3) is 4.45. The van der Waals surface area contributed by atoms with Crippen molar-refractivity contribution in [1.82, 2.24) is 19.9 Å². The highest BCUT2D eigenvalue weighted by Crippen LogP contribution is 2.36. The molecule has 0 fully saturated rings. The molecule has 0 radical (unpaired) electrons. The molecule has 39 heavy (non-hydrogen) atoms. The highest BCUT2D eigenvalue weighted by molar-refractivity contribution is 5.98. The fraction of sp³-hybridized carbons (Fsp3) is 0. The number of rotatable bonds is 3. The van der Waals surface area contributed by atoms with Crippen molar-refractivity contribution >= 4 is 52.3 Å². The molecule has 5 heterocycles. The number of carboxylic acid groups (broad SMARTS) is 1.